The molecule has 1 aromatic heterocycles. The van der Waals surface area contributed by atoms with Crippen LogP contribution in [0, 0.1) is 28.5 Å². The summed E-state index contributed by atoms with van der Waals surface area (Å²) in [5.41, 5.74) is 8.60. The molecular formula is C28H19FN4O2S. The number of benzene rings is 3. The zero-order valence-corrected chi connectivity index (χ0v) is 19.8. The lowest BCUT2D eigenvalue weighted by Gasteiger charge is -2.13. The minimum Gasteiger partial charge on any atom is -0.489 e. The van der Waals surface area contributed by atoms with E-state index >= 15 is 0 Å². The van der Waals surface area contributed by atoms with Gasteiger partial charge in [0, 0.05) is 11.1 Å². The number of anilines is 1. The van der Waals surface area contributed by atoms with Crippen molar-refractivity contribution in [1.29, 1.82) is 10.5 Å². The van der Waals surface area contributed by atoms with E-state index in [2.05, 4.69) is 11.1 Å². The molecule has 0 saturated heterocycles. The quantitative estimate of drug-likeness (QED) is 0.244. The highest BCUT2D eigenvalue weighted by atomic mass is 32.2. The average molecular weight is 495 g/mol. The van der Waals surface area contributed by atoms with Gasteiger partial charge in [-0.2, -0.15) is 10.5 Å². The normalized spacial score (nSPS) is 10.3. The van der Waals surface area contributed by atoms with Gasteiger partial charge in [-0.3, -0.25) is 4.79 Å². The highest BCUT2D eigenvalue weighted by molar-refractivity contribution is 8.00. The molecule has 0 saturated carbocycles. The Labute approximate surface area is 211 Å². The fourth-order valence-corrected chi connectivity index (χ4v) is 4.39. The van der Waals surface area contributed by atoms with Crippen LogP contribution in [0.3, 0.4) is 0 Å². The van der Waals surface area contributed by atoms with Crippen molar-refractivity contribution < 1.29 is 13.9 Å². The minimum atomic E-state index is -0.436. The van der Waals surface area contributed by atoms with Crippen molar-refractivity contribution >= 4 is 23.4 Å². The molecule has 0 aliphatic carbocycles. The molecule has 176 valence electrons. The van der Waals surface area contributed by atoms with Crippen molar-refractivity contribution in [3.05, 3.63) is 107 Å². The first kappa shape index (κ1) is 24.5. The molecule has 6 nitrogen and oxygen atoms in total. The second kappa shape index (κ2) is 11.2. The van der Waals surface area contributed by atoms with E-state index in [4.69, 9.17) is 10.5 Å². The van der Waals surface area contributed by atoms with Gasteiger partial charge in [0.2, 0.25) is 0 Å². The molecule has 0 aliphatic heterocycles. The van der Waals surface area contributed by atoms with Crippen LogP contribution in [0.4, 0.5) is 10.2 Å². The SMILES string of the molecule is N#Cc1c(N)nc(SCC(=O)c2ccc(F)cc2)c(C#N)c1-c1ccc(OCc2ccccc2)cc1. The summed E-state index contributed by atoms with van der Waals surface area (Å²) in [7, 11) is 0. The highest BCUT2D eigenvalue weighted by Crippen LogP contribution is 2.36. The summed E-state index contributed by atoms with van der Waals surface area (Å²) >= 11 is 1.04. The van der Waals surface area contributed by atoms with E-state index in [-0.39, 0.29) is 33.5 Å². The zero-order valence-electron chi connectivity index (χ0n) is 18.9. The molecule has 0 bridgehead atoms. The predicted molar refractivity (Wildman–Crippen MR) is 136 cm³/mol. The fourth-order valence-electron chi connectivity index (χ4n) is 3.50. The Morgan fingerprint density at radius 1 is 0.944 bits per heavy atom. The third-order valence-electron chi connectivity index (χ3n) is 5.31. The number of aromatic nitrogens is 1. The summed E-state index contributed by atoms with van der Waals surface area (Å²) < 4.78 is 19.0. The topological polar surface area (TPSA) is 113 Å². The molecule has 8 heteroatoms. The number of nitrogens with zero attached hydrogens (tertiary/aromatic N) is 3. The molecule has 1 heterocycles. The molecular weight excluding hydrogens is 475 g/mol. The number of carbonyl (C=O) groups excluding carboxylic acids is 1. The fraction of sp³-hybridized carbons (Fsp3) is 0.0714. The van der Waals surface area contributed by atoms with Gasteiger partial charge in [0.05, 0.1) is 11.3 Å². The van der Waals surface area contributed by atoms with Crippen molar-refractivity contribution in [2.75, 3.05) is 11.5 Å². The molecule has 0 radical (unpaired) electrons. The lowest BCUT2D eigenvalue weighted by atomic mass is 9.97. The molecule has 0 fully saturated rings. The van der Waals surface area contributed by atoms with Crippen LogP contribution in [0.25, 0.3) is 11.1 Å². The van der Waals surface area contributed by atoms with Crippen LogP contribution in [0.15, 0.2) is 83.9 Å². The summed E-state index contributed by atoms with van der Waals surface area (Å²) in [6.07, 6.45) is 0. The number of Topliss-reactive ketones (excluding diaryl/α,β-unsaturated/α-hetero) is 1. The van der Waals surface area contributed by atoms with E-state index in [1.165, 1.54) is 24.3 Å². The van der Waals surface area contributed by atoms with Gasteiger partial charge in [-0.1, -0.05) is 54.2 Å². The van der Waals surface area contributed by atoms with E-state index in [9.17, 15) is 19.7 Å². The van der Waals surface area contributed by atoms with Crippen molar-refractivity contribution in [1.82, 2.24) is 4.98 Å². The zero-order chi connectivity index (χ0) is 25.5. The van der Waals surface area contributed by atoms with E-state index in [0.29, 0.717) is 29.0 Å². The third kappa shape index (κ3) is 5.52. The van der Waals surface area contributed by atoms with Crippen LogP contribution in [0.5, 0.6) is 5.75 Å². The molecule has 0 unspecified atom stereocenters. The lowest BCUT2D eigenvalue weighted by Crippen LogP contribution is -2.06. The van der Waals surface area contributed by atoms with Crippen molar-refractivity contribution in [2.45, 2.75) is 11.6 Å². The monoisotopic (exact) mass is 494 g/mol. The van der Waals surface area contributed by atoms with E-state index in [1.807, 2.05) is 36.4 Å². The van der Waals surface area contributed by atoms with E-state index < -0.39 is 5.82 Å². The van der Waals surface area contributed by atoms with Crippen LogP contribution in [-0.2, 0) is 6.61 Å². The Hall–Kier alpha value is -4.66. The Kier molecular flexibility index (Phi) is 7.60. The van der Waals surface area contributed by atoms with Crippen molar-refractivity contribution in [2.24, 2.45) is 0 Å². The van der Waals surface area contributed by atoms with Crippen LogP contribution >= 0.6 is 11.8 Å². The first-order chi connectivity index (χ1) is 17.5. The molecule has 0 atom stereocenters. The Bertz CT molecular complexity index is 1480. The second-order valence-electron chi connectivity index (χ2n) is 7.67. The Morgan fingerprint density at radius 2 is 1.61 bits per heavy atom. The van der Waals surface area contributed by atoms with Gasteiger partial charge in [0.1, 0.15) is 46.7 Å². The average Bonchev–Trinajstić information content (AvgIpc) is 2.91. The Morgan fingerprint density at radius 3 is 2.25 bits per heavy atom. The van der Waals surface area contributed by atoms with Crippen molar-refractivity contribution in [3.8, 4) is 29.0 Å². The molecule has 2 N–H and O–H groups in total. The minimum absolute atomic E-state index is 0.0346. The second-order valence-corrected chi connectivity index (χ2v) is 8.63. The number of halogens is 1. The third-order valence-corrected chi connectivity index (χ3v) is 6.29. The molecule has 4 rings (SSSR count). The molecule has 0 spiro atoms. The number of hydrogen-bond acceptors (Lipinski definition) is 7. The van der Waals surface area contributed by atoms with E-state index in [1.54, 1.807) is 24.3 Å². The number of carbonyl (C=O) groups is 1. The van der Waals surface area contributed by atoms with Crippen molar-refractivity contribution in [3.63, 3.8) is 0 Å². The predicted octanol–water partition coefficient (Wildman–Crippen LogP) is 5.77. The largest absolute Gasteiger partial charge is 0.489 e. The van der Waals surface area contributed by atoms with Gasteiger partial charge < -0.3 is 10.5 Å². The van der Waals surface area contributed by atoms with Crippen LogP contribution in [-0.4, -0.2) is 16.5 Å². The standard InChI is InChI=1S/C28H19FN4O2S/c29-21-10-6-19(7-11-21)25(34)17-36-28-24(15-31)26(23(14-30)27(32)33-28)20-8-12-22(13-9-20)35-16-18-4-2-1-3-5-18/h1-13H,16-17H2,(H2,32,33). The number of nitrogens with two attached hydrogens (primary N) is 1. The van der Waals surface area contributed by atoms with Crippen LogP contribution in [0.2, 0.25) is 0 Å². The van der Waals surface area contributed by atoms with Gasteiger partial charge in [0.25, 0.3) is 0 Å². The number of pyridine rings is 1. The smallest absolute Gasteiger partial charge is 0.173 e. The number of ketones is 1. The van der Waals surface area contributed by atoms with Gasteiger partial charge >= 0.3 is 0 Å². The van der Waals surface area contributed by atoms with Crippen LogP contribution in [0.1, 0.15) is 27.0 Å². The maximum atomic E-state index is 13.2. The summed E-state index contributed by atoms with van der Waals surface area (Å²) in [6, 6.07) is 26.1. The maximum Gasteiger partial charge on any atom is 0.173 e. The van der Waals surface area contributed by atoms with Gasteiger partial charge in [-0.05, 0) is 47.5 Å². The molecule has 3 aromatic carbocycles. The van der Waals surface area contributed by atoms with Gasteiger partial charge in [-0.25, -0.2) is 9.37 Å². The number of ether oxygens (including phenoxy) is 1. The molecule has 0 amide bonds. The van der Waals surface area contributed by atoms with E-state index in [0.717, 1.165) is 17.3 Å². The summed E-state index contributed by atoms with van der Waals surface area (Å²) in [5, 5.41) is 19.9. The van der Waals surface area contributed by atoms with Gasteiger partial charge in [0.15, 0.2) is 5.78 Å². The maximum absolute atomic E-state index is 13.2. The molecule has 0 aliphatic rings. The number of hydrogen-bond donors (Lipinski definition) is 1. The molecule has 4 aromatic rings. The Balaban J connectivity index is 1.60. The van der Waals surface area contributed by atoms with Gasteiger partial charge in [-0.15, -0.1) is 0 Å². The van der Waals surface area contributed by atoms with Crippen LogP contribution < -0.4 is 10.5 Å². The number of nitrogen functional groups attached to an aromatic ring is 1. The lowest BCUT2D eigenvalue weighted by molar-refractivity contribution is 0.102. The summed E-state index contributed by atoms with van der Waals surface area (Å²) in [4.78, 5) is 16.8. The number of rotatable bonds is 8. The first-order valence-electron chi connectivity index (χ1n) is 10.8. The molecule has 36 heavy (non-hydrogen) atoms. The highest BCUT2D eigenvalue weighted by Gasteiger charge is 2.21. The summed E-state index contributed by atoms with van der Waals surface area (Å²) in [5.74, 6) is -0.137. The number of thioether (sulfide) groups is 1. The first-order valence-corrected chi connectivity index (χ1v) is 11.8. The number of nitriles is 2. The summed E-state index contributed by atoms with van der Waals surface area (Å²) in [6.45, 7) is 0.401.